The largest absolute Gasteiger partial charge is 0.481 e. The van der Waals surface area contributed by atoms with Crippen molar-refractivity contribution in [3.63, 3.8) is 0 Å². The molecule has 0 aromatic carbocycles. The van der Waals surface area contributed by atoms with Crippen LogP contribution in [0.1, 0.15) is 36.3 Å². The highest BCUT2D eigenvalue weighted by atomic mass is 16.5. The van der Waals surface area contributed by atoms with Crippen molar-refractivity contribution in [3.05, 3.63) is 23.5 Å². The number of aryl methyl sites for hydroxylation is 1. The lowest BCUT2D eigenvalue weighted by Crippen LogP contribution is -2.40. The van der Waals surface area contributed by atoms with E-state index in [0.29, 0.717) is 22.4 Å². The molecule has 0 aliphatic carbocycles. The number of amides is 1. The zero-order valence-corrected chi connectivity index (χ0v) is 12.1. The van der Waals surface area contributed by atoms with Gasteiger partial charge in [-0.05, 0) is 18.9 Å². The van der Waals surface area contributed by atoms with Gasteiger partial charge in [-0.25, -0.2) is 4.98 Å². The number of nitrogens with one attached hydrogen (secondary N) is 1. The van der Waals surface area contributed by atoms with Crippen molar-refractivity contribution in [1.29, 1.82) is 0 Å². The highest BCUT2D eigenvalue weighted by Gasteiger charge is 2.21. The summed E-state index contributed by atoms with van der Waals surface area (Å²) in [6.07, 6.45) is 1.27. The summed E-state index contributed by atoms with van der Waals surface area (Å²) in [4.78, 5) is 27.1. The van der Waals surface area contributed by atoms with Gasteiger partial charge in [0.1, 0.15) is 0 Å². The number of carboxylic acid groups (broad SMARTS) is 1. The fraction of sp³-hybridized carbons (Fsp3) is 0.429. The first-order valence-corrected chi connectivity index (χ1v) is 6.63. The predicted octanol–water partition coefficient (Wildman–Crippen LogP) is 1.76. The zero-order chi connectivity index (χ0) is 15.6. The van der Waals surface area contributed by atoms with Gasteiger partial charge >= 0.3 is 5.97 Å². The number of aliphatic carboxylic acids is 1. The van der Waals surface area contributed by atoms with E-state index >= 15 is 0 Å². The Kier molecular flexibility index (Phi) is 4.21. The molecule has 0 fully saturated rings. The minimum absolute atomic E-state index is 0.0130. The third-order valence-electron chi connectivity index (χ3n) is 3.29. The van der Waals surface area contributed by atoms with Crippen molar-refractivity contribution in [1.82, 2.24) is 15.5 Å². The van der Waals surface area contributed by atoms with E-state index in [-0.39, 0.29) is 18.2 Å². The smallest absolute Gasteiger partial charge is 0.305 e. The molecule has 1 atom stereocenters. The Morgan fingerprint density at radius 2 is 2.14 bits per heavy atom. The molecule has 1 unspecified atom stereocenters. The molecule has 2 N–H and O–H groups in total. The molecule has 0 aliphatic heterocycles. The van der Waals surface area contributed by atoms with Crippen LogP contribution in [0.5, 0.6) is 0 Å². The van der Waals surface area contributed by atoms with Crippen molar-refractivity contribution in [3.8, 4) is 0 Å². The van der Waals surface area contributed by atoms with Gasteiger partial charge in [-0.15, -0.1) is 0 Å². The van der Waals surface area contributed by atoms with Crippen molar-refractivity contribution >= 4 is 23.0 Å². The van der Waals surface area contributed by atoms with Gasteiger partial charge in [-0.1, -0.05) is 19.0 Å². The summed E-state index contributed by atoms with van der Waals surface area (Å²) in [6, 6.07) is 1.20. The Hall–Kier alpha value is -2.44. The lowest BCUT2D eigenvalue weighted by molar-refractivity contribution is -0.137. The van der Waals surface area contributed by atoms with Gasteiger partial charge in [0.05, 0.1) is 23.1 Å². The van der Waals surface area contributed by atoms with Crippen LogP contribution in [0.2, 0.25) is 0 Å². The monoisotopic (exact) mass is 291 g/mol. The van der Waals surface area contributed by atoms with Crippen molar-refractivity contribution in [2.75, 3.05) is 0 Å². The summed E-state index contributed by atoms with van der Waals surface area (Å²) in [7, 11) is 0. The zero-order valence-electron chi connectivity index (χ0n) is 12.1. The quantitative estimate of drug-likeness (QED) is 0.869. The first-order chi connectivity index (χ1) is 9.88. The highest BCUT2D eigenvalue weighted by Crippen LogP contribution is 2.17. The minimum Gasteiger partial charge on any atom is -0.481 e. The lowest BCUT2D eigenvalue weighted by atomic mass is 10.0. The summed E-state index contributed by atoms with van der Waals surface area (Å²) in [6.45, 7) is 5.48. The van der Waals surface area contributed by atoms with Crippen LogP contribution in [0.4, 0.5) is 0 Å². The molecule has 112 valence electrons. The van der Waals surface area contributed by atoms with Gasteiger partial charge in [0.25, 0.3) is 11.6 Å². The van der Waals surface area contributed by atoms with Gasteiger partial charge in [0, 0.05) is 12.2 Å². The molecular weight excluding hydrogens is 274 g/mol. The molecule has 2 heterocycles. The third kappa shape index (κ3) is 3.36. The molecule has 7 heteroatoms. The standard InChI is InChI=1S/C14H17N3O4/c1-7(2)11(5-12(18)19)16-13(20)9-4-10-8(3)17-21-14(10)15-6-9/h4,6-7,11H,5H2,1-3H3,(H,16,20)(H,18,19). The maximum absolute atomic E-state index is 12.2. The average Bonchev–Trinajstić information content (AvgIpc) is 2.78. The van der Waals surface area contributed by atoms with Gasteiger partial charge in [0.2, 0.25) is 0 Å². The SMILES string of the molecule is Cc1noc2ncc(C(=O)NC(CC(=O)O)C(C)C)cc12. The lowest BCUT2D eigenvalue weighted by Gasteiger charge is -2.20. The number of carbonyl (C=O) groups excluding carboxylic acids is 1. The average molecular weight is 291 g/mol. The van der Waals surface area contributed by atoms with E-state index in [0.717, 1.165) is 0 Å². The van der Waals surface area contributed by atoms with E-state index in [1.54, 1.807) is 13.0 Å². The number of carbonyl (C=O) groups is 2. The maximum atomic E-state index is 12.2. The molecule has 0 saturated heterocycles. The molecule has 0 saturated carbocycles. The summed E-state index contributed by atoms with van der Waals surface area (Å²) in [5.74, 6) is -1.29. The Labute approximate surface area is 121 Å². The second kappa shape index (κ2) is 5.90. The fourth-order valence-corrected chi connectivity index (χ4v) is 1.96. The van der Waals surface area contributed by atoms with Crippen LogP contribution in [0.15, 0.2) is 16.8 Å². The normalized spacial score (nSPS) is 12.6. The number of pyridine rings is 1. The second-order valence-electron chi connectivity index (χ2n) is 5.27. The number of rotatable bonds is 5. The topological polar surface area (TPSA) is 105 Å². The number of carboxylic acids is 1. The van der Waals surface area contributed by atoms with Crippen molar-refractivity contribution in [2.24, 2.45) is 5.92 Å². The molecule has 21 heavy (non-hydrogen) atoms. The molecular formula is C14H17N3O4. The number of nitrogens with zero attached hydrogens (tertiary/aromatic N) is 2. The van der Waals surface area contributed by atoms with E-state index < -0.39 is 12.0 Å². The first-order valence-electron chi connectivity index (χ1n) is 6.63. The Bertz CT molecular complexity index is 678. The molecule has 0 radical (unpaired) electrons. The molecule has 1 amide bonds. The van der Waals surface area contributed by atoms with Gasteiger partial charge in [0.15, 0.2) is 0 Å². The van der Waals surface area contributed by atoms with Gasteiger partial charge in [-0.3, -0.25) is 9.59 Å². The van der Waals surface area contributed by atoms with Crippen LogP contribution in [-0.4, -0.2) is 33.2 Å². The summed E-state index contributed by atoms with van der Waals surface area (Å²) in [5, 5.41) is 16.1. The van der Waals surface area contributed by atoms with Crippen molar-refractivity contribution < 1.29 is 19.2 Å². The fourth-order valence-electron chi connectivity index (χ4n) is 1.96. The molecule has 2 rings (SSSR count). The Balaban J connectivity index is 2.20. The van der Waals surface area contributed by atoms with E-state index in [2.05, 4.69) is 15.5 Å². The summed E-state index contributed by atoms with van der Waals surface area (Å²) < 4.78 is 4.98. The second-order valence-corrected chi connectivity index (χ2v) is 5.27. The molecule has 2 aromatic heterocycles. The third-order valence-corrected chi connectivity index (χ3v) is 3.29. The Morgan fingerprint density at radius 1 is 1.43 bits per heavy atom. The van der Waals surface area contributed by atoms with Crippen LogP contribution in [0, 0.1) is 12.8 Å². The number of aromatic nitrogens is 2. The number of fused-ring (bicyclic) bond motifs is 1. The van der Waals surface area contributed by atoms with Crippen LogP contribution in [-0.2, 0) is 4.79 Å². The Morgan fingerprint density at radius 3 is 2.76 bits per heavy atom. The molecule has 0 spiro atoms. The molecule has 0 aliphatic rings. The maximum Gasteiger partial charge on any atom is 0.305 e. The van der Waals surface area contributed by atoms with Gasteiger partial charge in [-0.2, -0.15) is 0 Å². The molecule has 2 aromatic rings. The van der Waals surface area contributed by atoms with E-state index in [1.807, 2.05) is 13.8 Å². The number of hydrogen-bond donors (Lipinski definition) is 2. The molecule has 7 nitrogen and oxygen atoms in total. The van der Waals surface area contributed by atoms with Crippen LogP contribution in [0.3, 0.4) is 0 Å². The van der Waals surface area contributed by atoms with Crippen LogP contribution < -0.4 is 5.32 Å². The van der Waals surface area contributed by atoms with E-state index in [4.69, 9.17) is 9.63 Å². The van der Waals surface area contributed by atoms with Crippen molar-refractivity contribution in [2.45, 2.75) is 33.2 Å². The highest BCUT2D eigenvalue weighted by molar-refractivity contribution is 5.97. The van der Waals surface area contributed by atoms with E-state index in [1.165, 1.54) is 6.20 Å². The van der Waals surface area contributed by atoms with E-state index in [9.17, 15) is 9.59 Å². The van der Waals surface area contributed by atoms with Crippen LogP contribution >= 0.6 is 0 Å². The molecule has 0 bridgehead atoms. The van der Waals surface area contributed by atoms with Gasteiger partial charge < -0.3 is 14.9 Å². The summed E-state index contributed by atoms with van der Waals surface area (Å²) >= 11 is 0. The summed E-state index contributed by atoms with van der Waals surface area (Å²) in [5.41, 5.74) is 1.37. The first kappa shape index (κ1) is 15.0. The minimum atomic E-state index is -0.947. The van der Waals surface area contributed by atoms with Crippen LogP contribution in [0.25, 0.3) is 11.1 Å². The number of hydrogen-bond acceptors (Lipinski definition) is 5. The predicted molar refractivity (Wildman–Crippen MR) is 74.9 cm³/mol.